The number of H-pyrrole nitrogens is 1. The van der Waals surface area contributed by atoms with E-state index in [-0.39, 0.29) is 0 Å². The van der Waals surface area contributed by atoms with Crippen LogP contribution in [-0.4, -0.2) is 41.5 Å². The Morgan fingerprint density at radius 1 is 1.04 bits per heavy atom. The molecule has 1 aliphatic rings. The van der Waals surface area contributed by atoms with E-state index >= 15 is 0 Å². The molecule has 26 heavy (non-hydrogen) atoms. The molecule has 4 rings (SSSR count). The first-order valence-corrected chi connectivity index (χ1v) is 9.03. The molecular formula is C20H23N5O. The van der Waals surface area contributed by atoms with Crippen molar-refractivity contribution >= 4 is 17.3 Å². The van der Waals surface area contributed by atoms with E-state index in [1.54, 1.807) is 0 Å². The molecule has 0 saturated carbocycles. The van der Waals surface area contributed by atoms with Crippen LogP contribution in [0, 0.1) is 0 Å². The van der Waals surface area contributed by atoms with E-state index in [0.29, 0.717) is 5.95 Å². The minimum atomic E-state index is 0.568. The van der Waals surface area contributed by atoms with E-state index in [0.717, 1.165) is 49.8 Å². The van der Waals surface area contributed by atoms with Gasteiger partial charge < -0.3 is 15.0 Å². The van der Waals surface area contributed by atoms with Crippen LogP contribution in [0.5, 0.6) is 0 Å². The second-order valence-corrected chi connectivity index (χ2v) is 6.33. The third-order valence-corrected chi connectivity index (χ3v) is 4.62. The molecule has 0 amide bonds. The summed E-state index contributed by atoms with van der Waals surface area (Å²) in [4.78, 5) is 6.87. The Kier molecular flexibility index (Phi) is 4.84. The van der Waals surface area contributed by atoms with Gasteiger partial charge in [0.15, 0.2) is 5.82 Å². The zero-order valence-electron chi connectivity index (χ0n) is 14.9. The van der Waals surface area contributed by atoms with E-state index < -0.39 is 0 Å². The van der Waals surface area contributed by atoms with Crippen LogP contribution in [0.4, 0.5) is 17.3 Å². The molecule has 2 N–H and O–H groups in total. The number of aromatic amines is 1. The van der Waals surface area contributed by atoms with Crippen LogP contribution in [0.2, 0.25) is 0 Å². The highest BCUT2D eigenvalue weighted by Crippen LogP contribution is 2.22. The lowest BCUT2D eigenvalue weighted by atomic mass is 10.1. The van der Waals surface area contributed by atoms with Gasteiger partial charge in [0.05, 0.1) is 13.2 Å². The van der Waals surface area contributed by atoms with Gasteiger partial charge in [-0.1, -0.05) is 31.2 Å². The minimum Gasteiger partial charge on any atom is -0.378 e. The summed E-state index contributed by atoms with van der Waals surface area (Å²) in [5.41, 5.74) is 4.52. The van der Waals surface area contributed by atoms with Crippen molar-refractivity contribution in [1.82, 2.24) is 15.2 Å². The Morgan fingerprint density at radius 3 is 2.46 bits per heavy atom. The summed E-state index contributed by atoms with van der Waals surface area (Å²) in [6.07, 6.45) is 1.03. The lowest BCUT2D eigenvalue weighted by Crippen LogP contribution is -2.36. The summed E-state index contributed by atoms with van der Waals surface area (Å²) < 4.78 is 5.40. The zero-order chi connectivity index (χ0) is 17.8. The van der Waals surface area contributed by atoms with Crippen LogP contribution < -0.4 is 10.2 Å². The maximum Gasteiger partial charge on any atom is 0.246 e. The SMILES string of the molecule is CCc1ccc(-c2nc(Nc3ccc(N4CCOCC4)cc3)n[nH]2)cc1. The molecule has 134 valence electrons. The first kappa shape index (κ1) is 16.6. The Bertz CT molecular complexity index is 835. The molecule has 0 radical (unpaired) electrons. The summed E-state index contributed by atoms with van der Waals surface area (Å²) in [5, 5.41) is 10.5. The van der Waals surface area contributed by atoms with Gasteiger partial charge in [-0.3, -0.25) is 5.10 Å². The number of benzene rings is 2. The van der Waals surface area contributed by atoms with Gasteiger partial charge in [-0.05, 0) is 36.2 Å². The van der Waals surface area contributed by atoms with Crippen LogP contribution in [0.3, 0.4) is 0 Å². The average molecular weight is 349 g/mol. The van der Waals surface area contributed by atoms with Gasteiger partial charge in [-0.2, -0.15) is 4.98 Å². The molecule has 6 nitrogen and oxygen atoms in total. The summed E-state index contributed by atoms with van der Waals surface area (Å²) >= 11 is 0. The van der Waals surface area contributed by atoms with E-state index in [9.17, 15) is 0 Å². The first-order chi connectivity index (χ1) is 12.8. The van der Waals surface area contributed by atoms with Gasteiger partial charge in [0, 0.05) is 30.0 Å². The van der Waals surface area contributed by atoms with Crippen molar-refractivity contribution in [3.05, 3.63) is 54.1 Å². The highest BCUT2D eigenvalue weighted by molar-refractivity contribution is 5.62. The topological polar surface area (TPSA) is 66.1 Å². The molecule has 0 spiro atoms. The fraction of sp³-hybridized carbons (Fsp3) is 0.300. The normalized spacial score (nSPS) is 14.4. The number of nitrogens with zero attached hydrogens (tertiary/aromatic N) is 3. The van der Waals surface area contributed by atoms with E-state index in [4.69, 9.17) is 4.74 Å². The zero-order valence-corrected chi connectivity index (χ0v) is 14.9. The molecule has 0 atom stereocenters. The van der Waals surface area contributed by atoms with Gasteiger partial charge >= 0.3 is 0 Å². The van der Waals surface area contributed by atoms with Crippen LogP contribution in [0.25, 0.3) is 11.4 Å². The quantitative estimate of drug-likeness (QED) is 0.736. The van der Waals surface area contributed by atoms with Gasteiger partial charge in [0.25, 0.3) is 0 Å². The Morgan fingerprint density at radius 2 is 1.77 bits per heavy atom. The molecule has 1 aliphatic heterocycles. The molecule has 6 heteroatoms. The third-order valence-electron chi connectivity index (χ3n) is 4.62. The monoisotopic (exact) mass is 349 g/mol. The number of morpholine rings is 1. The highest BCUT2D eigenvalue weighted by Gasteiger charge is 2.11. The molecule has 0 bridgehead atoms. The minimum absolute atomic E-state index is 0.568. The number of anilines is 3. The van der Waals surface area contributed by atoms with E-state index in [2.05, 4.69) is 80.9 Å². The van der Waals surface area contributed by atoms with Crippen LogP contribution in [0.15, 0.2) is 48.5 Å². The Labute approximate surface area is 153 Å². The summed E-state index contributed by atoms with van der Waals surface area (Å²) in [6, 6.07) is 16.7. The number of rotatable bonds is 5. The number of hydrogen-bond acceptors (Lipinski definition) is 5. The number of ether oxygens (including phenoxy) is 1. The number of aryl methyl sites for hydroxylation is 1. The van der Waals surface area contributed by atoms with E-state index in [1.165, 1.54) is 11.3 Å². The molecule has 1 saturated heterocycles. The molecule has 2 heterocycles. The van der Waals surface area contributed by atoms with Gasteiger partial charge in [-0.25, -0.2) is 0 Å². The second-order valence-electron chi connectivity index (χ2n) is 6.33. The number of hydrogen-bond donors (Lipinski definition) is 2. The third kappa shape index (κ3) is 3.70. The maximum absolute atomic E-state index is 5.40. The first-order valence-electron chi connectivity index (χ1n) is 9.03. The van der Waals surface area contributed by atoms with Gasteiger partial charge in [0.1, 0.15) is 0 Å². The standard InChI is InChI=1S/C20H23N5O/c1-2-15-3-5-16(6-4-15)19-22-20(24-23-19)21-17-7-9-18(10-8-17)25-11-13-26-14-12-25/h3-10H,2,11-14H2,1H3,(H2,21,22,23,24). The van der Waals surface area contributed by atoms with Crippen molar-refractivity contribution in [2.45, 2.75) is 13.3 Å². The van der Waals surface area contributed by atoms with Crippen LogP contribution >= 0.6 is 0 Å². The van der Waals surface area contributed by atoms with Crippen molar-refractivity contribution < 1.29 is 4.74 Å². The van der Waals surface area contributed by atoms with E-state index in [1.807, 2.05) is 0 Å². The number of aromatic nitrogens is 3. The van der Waals surface area contributed by atoms with Crippen LogP contribution in [-0.2, 0) is 11.2 Å². The Balaban J connectivity index is 1.43. The van der Waals surface area contributed by atoms with Crippen molar-refractivity contribution in [3.63, 3.8) is 0 Å². The molecular weight excluding hydrogens is 326 g/mol. The van der Waals surface area contributed by atoms with Crippen molar-refractivity contribution in [2.75, 3.05) is 36.5 Å². The van der Waals surface area contributed by atoms with Crippen molar-refractivity contribution in [2.24, 2.45) is 0 Å². The van der Waals surface area contributed by atoms with Crippen molar-refractivity contribution in [3.8, 4) is 11.4 Å². The van der Waals surface area contributed by atoms with Crippen molar-refractivity contribution in [1.29, 1.82) is 0 Å². The largest absolute Gasteiger partial charge is 0.378 e. The molecule has 0 aliphatic carbocycles. The Hall–Kier alpha value is -2.86. The smallest absolute Gasteiger partial charge is 0.246 e. The summed E-state index contributed by atoms with van der Waals surface area (Å²) in [5.74, 6) is 1.33. The van der Waals surface area contributed by atoms with Gasteiger partial charge in [0.2, 0.25) is 5.95 Å². The fourth-order valence-corrected chi connectivity index (χ4v) is 3.05. The molecule has 1 aromatic heterocycles. The maximum atomic E-state index is 5.40. The molecule has 2 aromatic carbocycles. The molecule has 0 unspecified atom stereocenters. The summed E-state index contributed by atoms with van der Waals surface area (Å²) in [6.45, 7) is 5.61. The highest BCUT2D eigenvalue weighted by atomic mass is 16.5. The van der Waals surface area contributed by atoms with Crippen LogP contribution in [0.1, 0.15) is 12.5 Å². The lowest BCUT2D eigenvalue weighted by Gasteiger charge is -2.28. The van der Waals surface area contributed by atoms with Gasteiger partial charge in [-0.15, -0.1) is 5.10 Å². The predicted octanol–water partition coefficient (Wildman–Crippen LogP) is 3.61. The molecule has 3 aromatic rings. The second kappa shape index (κ2) is 7.58. The lowest BCUT2D eigenvalue weighted by molar-refractivity contribution is 0.122. The fourth-order valence-electron chi connectivity index (χ4n) is 3.05. The number of nitrogens with one attached hydrogen (secondary N) is 2. The average Bonchev–Trinajstić information content (AvgIpc) is 3.18. The molecule has 1 fully saturated rings. The predicted molar refractivity (Wildman–Crippen MR) is 104 cm³/mol. The summed E-state index contributed by atoms with van der Waals surface area (Å²) in [7, 11) is 0.